The molecular weight excluding hydrogens is 723 g/mol. The fourth-order valence-electron chi connectivity index (χ4n) is 8.65. The first-order valence-corrected chi connectivity index (χ1v) is 21.1. The van der Waals surface area contributed by atoms with Gasteiger partial charge in [0.2, 0.25) is 0 Å². The minimum atomic E-state index is -0.960. The average Bonchev–Trinajstić information content (AvgIpc) is 3.30. The summed E-state index contributed by atoms with van der Waals surface area (Å²) in [4.78, 5) is 11.4. The highest BCUT2D eigenvalue weighted by atomic mass is 32.2. The van der Waals surface area contributed by atoms with Gasteiger partial charge in [0, 0.05) is 43.1 Å². The molecule has 0 fully saturated rings. The predicted molar refractivity (Wildman–Crippen MR) is 245 cm³/mol. The van der Waals surface area contributed by atoms with Crippen molar-refractivity contribution in [2.75, 3.05) is 14.7 Å². The van der Waals surface area contributed by atoms with Gasteiger partial charge in [0.05, 0.1) is 22.7 Å². The lowest BCUT2D eigenvalue weighted by Crippen LogP contribution is -2.24. The number of anilines is 9. The zero-order chi connectivity index (χ0) is 38.4. The topological polar surface area (TPSA) is 9.72 Å². The molecule has 0 amide bonds. The van der Waals surface area contributed by atoms with E-state index in [1.165, 1.54) is 59.7 Å². The molecule has 0 saturated carbocycles. The van der Waals surface area contributed by atoms with Gasteiger partial charge < -0.3 is 14.7 Å². The highest BCUT2D eigenvalue weighted by Gasteiger charge is 2.39. The van der Waals surface area contributed by atoms with Crippen molar-refractivity contribution in [3.05, 3.63) is 231 Å². The van der Waals surface area contributed by atoms with E-state index in [0.717, 1.165) is 28.4 Å². The van der Waals surface area contributed by atoms with Crippen LogP contribution in [0.1, 0.15) is 0 Å². The van der Waals surface area contributed by atoms with Crippen LogP contribution in [-0.4, -0.2) is 0 Å². The van der Waals surface area contributed by atoms with Gasteiger partial charge in [-0.1, -0.05) is 140 Å². The van der Waals surface area contributed by atoms with Crippen LogP contribution in [0.4, 0.5) is 51.2 Å². The van der Waals surface area contributed by atoms with Crippen molar-refractivity contribution in [2.24, 2.45) is 0 Å². The third-order valence-electron chi connectivity index (χ3n) is 11.2. The smallest absolute Gasteiger partial charge is 0.0608 e. The van der Waals surface area contributed by atoms with Crippen LogP contribution >= 0.6 is 10.9 Å². The fraction of sp³-hybridized carbons (Fsp3) is 0. The van der Waals surface area contributed by atoms with Gasteiger partial charge in [-0.3, -0.25) is 0 Å². The van der Waals surface area contributed by atoms with Crippen LogP contribution in [0.15, 0.2) is 245 Å². The molecule has 2 aliphatic rings. The van der Waals surface area contributed by atoms with E-state index >= 15 is 0 Å². The highest BCUT2D eigenvalue weighted by molar-refractivity contribution is 8.17. The minimum Gasteiger partial charge on any atom is -0.310 e. The predicted octanol–water partition coefficient (Wildman–Crippen LogP) is 15.5. The molecule has 9 aromatic rings. The van der Waals surface area contributed by atoms with Crippen LogP contribution in [0.3, 0.4) is 0 Å². The molecule has 0 aromatic heterocycles. The highest BCUT2D eigenvalue weighted by Crippen LogP contribution is 2.71. The van der Waals surface area contributed by atoms with Crippen LogP contribution in [0.2, 0.25) is 0 Å². The molecule has 1 atom stereocenters. The Labute approximate surface area is 342 Å². The van der Waals surface area contributed by atoms with E-state index in [9.17, 15) is 0 Å². The Balaban J connectivity index is 1.17. The zero-order valence-electron chi connectivity index (χ0n) is 31.7. The Bertz CT molecular complexity index is 2860. The van der Waals surface area contributed by atoms with Crippen LogP contribution in [0.25, 0.3) is 22.3 Å². The van der Waals surface area contributed by atoms with Crippen molar-refractivity contribution in [1.82, 2.24) is 0 Å². The Kier molecular flexibility index (Phi) is 8.41. The number of hydrogen-bond acceptors (Lipinski definition) is 3. The summed E-state index contributed by atoms with van der Waals surface area (Å²) < 4.78 is 0. The maximum absolute atomic E-state index is 2.51. The van der Waals surface area contributed by atoms with Crippen LogP contribution in [0, 0.1) is 0 Å². The van der Waals surface area contributed by atoms with Crippen LogP contribution in [0.5, 0.6) is 0 Å². The van der Waals surface area contributed by atoms with Gasteiger partial charge in [-0.25, -0.2) is 0 Å². The Morgan fingerprint density at radius 1 is 0.293 bits per heavy atom. The number of thiol groups is 1. The Hall–Kier alpha value is -7.27. The van der Waals surface area contributed by atoms with E-state index in [1.807, 2.05) is 0 Å². The van der Waals surface area contributed by atoms with Crippen LogP contribution < -0.4 is 14.7 Å². The van der Waals surface area contributed by atoms with Crippen molar-refractivity contribution < 1.29 is 0 Å². The SMILES string of the molecule is c1ccc(-c2cccc(N3c4cc(-c5ccccc5)ccc4[SH]4c5ccc(N(c6ccccc6)c6ccccc6)cc5N(c5ccccc5)c5cccc3c54)c2)cc1. The number of rotatable bonds is 7. The minimum absolute atomic E-state index is 0.960. The van der Waals surface area contributed by atoms with Crippen molar-refractivity contribution in [1.29, 1.82) is 0 Å². The first-order valence-electron chi connectivity index (χ1n) is 19.8. The van der Waals surface area contributed by atoms with E-state index < -0.39 is 10.9 Å². The molecule has 3 nitrogen and oxygen atoms in total. The number of hydrogen-bond donors (Lipinski definition) is 1. The summed E-state index contributed by atoms with van der Waals surface area (Å²) in [6.45, 7) is 0. The number of benzene rings is 9. The van der Waals surface area contributed by atoms with E-state index in [-0.39, 0.29) is 0 Å². The molecule has 0 spiro atoms. The summed E-state index contributed by atoms with van der Waals surface area (Å²) >= 11 is 0. The molecule has 0 bridgehead atoms. The Morgan fingerprint density at radius 3 is 1.34 bits per heavy atom. The summed E-state index contributed by atoms with van der Waals surface area (Å²) in [6.07, 6.45) is 0. The van der Waals surface area contributed by atoms with Gasteiger partial charge >= 0.3 is 0 Å². The van der Waals surface area contributed by atoms with Crippen molar-refractivity contribution >= 4 is 62.1 Å². The van der Waals surface area contributed by atoms with Crippen molar-refractivity contribution in [2.45, 2.75) is 14.7 Å². The maximum atomic E-state index is 2.51. The molecule has 2 aliphatic heterocycles. The molecule has 0 radical (unpaired) electrons. The lowest BCUT2D eigenvalue weighted by Gasteiger charge is -2.47. The van der Waals surface area contributed by atoms with Gasteiger partial charge in [0.15, 0.2) is 0 Å². The second-order valence-corrected chi connectivity index (χ2v) is 16.7. The Morgan fingerprint density at radius 2 is 0.741 bits per heavy atom. The number of nitrogens with zero attached hydrogens (tertiary/aromatic N) is 3. The monoisotopic (exact) mass is 761 g/mol. The lowest BCUT2D eigenvalue weighted by atomic mass is 10.0. The van der Waals surface area contributed by atoms with Gasteiger partial charge in [-0.15, -0.1) is 0 Å². The molecule has 0 aliphatic carbocycles. The molecule has 2 heterocycles. The summed E-state index contributed by atoms with van der Waals surface area (Å²) in [6, 6.07) is 84.0. The molecule has 9 aromatic carbocycles. The molecular formula is C54H39N3S. The molecule has 276 valence electrons. The van der Waals surface area contributed by atoms with Crippen LogP contribution in [-0.2, 0) is 0 Å². The molecule has 4 heteroatoms. The summed E-state index contributed by atoms with van der Waals surface area (Å²) in [5.74, 6) is 0. The maximum Gasteiger partial charge on any atom is 0.0608 e. The molecule has 0 N–H and O–H groups in total. The quantitative estimate of drug-likeness (QED) is 0.162. The standard InChI is InChI=1S/C54H39N3S/c1-6-18-39(19-7-1)41-22-16-29-46(36-41)57-49-31-17-30-48-54(49)58(52-34-32-42(37-50(52)57)40-20-8-2-9-21-40)53-35-33-47(38-51(53)56(48)45-27-14-5-15-28-45)55(43-23-10-3-11-24-43)44-25-12-4-13-26-44/h1-38,58H. The first-order chi connectivity index (χ1) is 28.8. The summed E-state index contributed by atoms with van der Waals surface area (Å²) in [5.41, 5.74) is 15.3. The summed E-state index contributed by atoms with van der Waals surface area (Å²) in [7, 11) is -0.960. The summed E-state index contributed by atoms with van der Waals surface area (Å²) in [5, 5.41) is 0. The molecule has 1 unspecified atom stereocenters. The van der Waals surface area contributed by atoms with Crippen molar-refractivity contribution in [3.63, 3.8) is 0 Å². The lowest BCUT2D eigenvalue weighted by molar-refractivity contribution is 1.09. The third-order valence-corrected chi connectivity index (χ3v) is 13.8. The van der Waals surface area contributed by atoms with Gasteiger partial charge in [-0.2, -0.15) is 10.9 Å². The van der Waals surface area contributed by atoms with Gasteiger partial charge in [0.25, 0.3) is 0 Å². The fourth-order valence-corrected chi connectivity index (χ4v) is 11.4. The van der Waals surface area contributed by atoms with E-state index in [2.05, 4.69) is 245 Å². The number of fused-ring (bicyclic) bond motifs is 4. The van der Waals surface area contributed by atoms with E-state index in [1.54, 1.807) is 0 Å². The average molecular weight is 762 g/mol. The largest absolute Gasteiger partial charge is 0.310 e. The first kappa shape index (κ1) is 34.0. The molecule has 11 rings (SSSR count). The second-order valence-electron chi connectivity index (χ2n) is 14.7. The van der Waals surface area contributed by atoms with Gasteiger partial charge in [0.1, 0.15) is 0 Å². The number of para-hydroxylation sites is 3. The second kappa shape index (κ2) is 14.3. The third kappa shape index (κ3) is 5.77. The van der Waals surface area contributed by atoms with Gasteiger partial charge in [-0.05, 0) is 113 Å². The molecule has 58 heavy (non-hydrogen) atoms. The van der Waals surface area contributed by atoms with Crippen molar-refractivity contribution in [3.8, 4) is 22.3 Å². The van der Waals surface area contributed by atoms with E-state index in [4.69, 9.17) is 0 Å². The molecule has 0 saturated heterocycles. The van der Waals surface area contributed by atoms with E-state index in [0.29, 0.717) is 0 Å². The normalized spacial score (nSPS) is 14.2. The zero-order valence-corrected chi connectivity index (χ0v) is 32.6.